The predicted molar refractivity (Wildman–Crippen MR) is 78.4 cm³/mol. The molecule has 1 aromatic carbocycles. The van der Waals surface area contributed by atoms with E-state index >= 15 is 0 Å². The van der Waals surface area contributed by atoms with Gasteiger partial charge >= 0.3 is 0 Å². The third-order valence-electron chi connectivity index (χ3n) is 4.59. The van der Waals surface area contributed by atoms with Gasteiger partial charge < -0.3 is 9.88 Å². The molecule has 0 radical (unpaired) electrons. The number of benzene rings is 1. The molecule has 1 atom stereocenters. The van der Waals surface area contributed by atoms with Gasteiger partial charge in [-0.05, 0) is 36.4 Å². The Morgan fingerprint density at radius 3 is 3.20 bits per heavy atom. The van der Waals surface area contributed by atoms with Crippen LogP contribution in [0.2, 0.25) is 0 Å². The molecule has 3 heterocycles. The first-order valence-electron chi connectivity index (χ1n) is 7.57. The van der Waals surface area contributed by atoms with Crippen LogP contribution in [0, 0.1) is 5.92 Å². The highest BCUT2D eigenvalue weighted by Crippen LogP contribution is 2.30. The average Bonchev–Trinajstić information content (AvgIpc) is 2.89. The molecule has 0 fully saturated rings. The van der Waals surface area contributed by atoms with Crippen molar-refractivity contribution in [3.05, 3.63) is 35.2 Å². The van der Waals surface area contributed by atoms with Gasteiger partial charge in [-0.2, -0.15) is 0 Å². The number of rotatable bonds is 1. The van der Waals surface area contributed by atoms with E-state index in [1.54, 1.807) is 0 Å². The first-order valence-corrected chi connectivity index (χ1v) is 7.57. The van der Waals surface area contributed by atoms with Crippen molar-refractivity contribution in [2.75, 3.05) is 6.54 Å². The molecule has 0 aliphatic carbocycles. The third kappa shape index (κ3) is 1.86. The Morgan fingerprint density at radius 2 is 2.25 bits per heavy atom. The van der Waals surface area contributed by atoms with Crippen LogP contribution in [0.5, 0.6) is 0 Å². The minimum atomic E-state index is 0.730. The molecular weight excluding hydrogens is 248 g/mol. The largest absolute Gasteiger partial charge is 0.312 e. The molecule has 1 unspecified atom stereocenters. The molecule has 0 amide bonds. The fourth-order valence-corrected chi connectivity index (χ4v) is 3.43. The van der Waals surface area contributed by atoms with Crippen LogP contribution in [0.1, 0.15) is 30.3 Å². The Hall–Kier alpha value is -1.68. The summed E-state index contributed by atoms with van der Waals surface area (Å²) in [4.78, 5) is 0. The lowest BCUT2D eigenvalue weighted by molar-refractivity contribution is 0.411. The second kappa shape index (κ2) is 4.70. The molecule has 0 spiro atoms. The van der Waals surface area contributed by atoms with Crippen molar-refractivity contribution in [3.63, 3.8) is 0 Å². The second-order valence-electron chi connectivity index (χ2n) is 6.06. The number of fused-ring (bicyclic) bond motifs is 2. The number of nitrogens with one attached hydrogen (secondary N) is 1. The summed E-state index contributed by atoms with van der Waals surface area (Å²) in [5, 5.41) is 12.4. The number of nitrogens with zero attached hydrogens (tertiary/aromatic N) is 3. The van der Waals surface area contributed by atoms with Gasteiger partial charge in [-0.15, -0.1) is 10.2 Å². The summed E-state index contributed by atoms with van der Waals surface area (Å²) in [7, 11) is 0. The maximum absolute atomic E-state index is 4.50. The van der Waals surface area contributed by atoms with Crippen LogP contribution < -0.4 is 5.32 Å². The highest BCUT2D eigenvalue weighted by Gasteiger charge is 2.23. The topological polar surface area (TPSA) is 42.7 Å². The lowest BCUT2D eigenvalue weighted by Crippen LogP contribution is -2.24. The third-order valence-corrected chi connectivity index (χ3v) is 4.59. The zero-order valence-corrected chi connectivity index (χ0v) is 11.9. The van der Waals surface area contributed by atoms with Crippen LogP contribution in [0.4, 0.5) is 0 Å². The van der Waals surface area contributed by atoms with Gasteiger partial charge in [0.05, 0.1) is 0 Å². The first kappa shape index (κ1) is 12.1. The molecule has 4 heteroatoms. The monoisotopic (exact) mass is 268 g/mol. The van der Waals surface area contributed by atoms with Crippen molar-refractivity contribution < 1.29 is 0 Å². The summed E-state index contributed by atoms with van der Waals surface area (Å²) in [5.41, 5.74) is 4.16. The van der Waals surface area contributed by atoms with Crippen molar-refractivity contribution in [1.29, 1.82) is 0 Å². The van der Waals surface area contributed by atoms with Gasteiger partial charge in [0.15, 0.2) is 5.82 Å². The van der Waals surface area contributed by atoms with E-state index in [-0.39, 0.29) is 0 Å². The fraction of sp³-hybridized carbons (Fsp3) is 0.500. The predicted octanol–water partition coefficient (Wildman–Crippen LogP) is 2.17. The number of hydrogen-bond acceptors (Lipinski definition) is 3. The van der Waals surface area contributed by atoms with Crippen LogP contribution in [0.3, 0.4) is 0 Å². The first-order chi connectivity index (χ1) is 9.83. The highest BCUT2D eigenvalue weighted by atomic mass is 15.3. The second-order valence-corrected chi connectivity index (χ2v) is 6.06. The van der Waals surface area contributed by atoms with Crippen LogP contribution in [0.15, 0.2) is 18.2 Å². The van der Waals surface area contributed by atoms with Crippen molar-refractivity contribution in [1.82, 2.24) is 20.1 Å². The molecule has 2 aliphatic rings. The molecule has 0 saturated heterocycles. The summed E-state index contributed by atoms with van der Waals surface area (Å²) in [6.45, 7) is 5.39. The Balaban J connectivity index is 1.83. The fourth-order valence-electron chi connectivity index (χ4n) is 3.43. The summed E-state index contributed by atoms with van der Waals surface area (Å²) in [5.74, 6) is 2.96. The minimum Gasteiger partial charge on any atom is -0.312 e. The minimum absolute atomic E-state index is 0.730. The standard InChI is InChI=1S/C16H20N4/c1-11-6-8-20-15(9-11)18-19-16(20)14-4-2-3-12-10-17-7-5-13(12)14/h2-4,11,17H,5-10H2,1H3. The maximum atomic E-state index is 4.50. The summed E-state index contributed by atoms with van der Waals surface area (Å²) >= 11 is 0. The smallest absolute Gasteiger partial charge is 0.164 e. The molecule has 4 nitrogen and oxygen atoms in total. The molecule has 1 N–H and O–H groups in total. The molecule has 20 heavy (non-hydrogen) atoms. The van der Waals surface area contributed by atoms with Gasteiger partial charge in [-0.1, -0.05) is 25.1 Å². The van der Waals surface area contributed by atoms with E-state index in [1.807, 2.05) is 0 Å². The van der Waals surface area contributed by atoms with E-state index in [2.05, 4.69) is 45.2 Å². The van der Waals surface area contributed by atoms with E-state index in [9.17, 15) is 0 Å². The molecule has 104 valence electrons. The molecule has 1 aromatic heterocycles. The number of aromatic nitrogens is 3. The van der Waals surface area contributed by atoms with Gasteiger partial charge in [-0.3, -0.25) is 0 Å². The molecule has 2 aromatic rings. The highest BCUT2D eigenvalue weighted by molar-refractivity contribution is 5.63. The zero-order valence-electron chi connectivity index (χ0n) is 11.9. The van der Waals surface area contributed by atoms with Crippen LogP contribution >= 0.6 is 0 Å². The molecule has 2 aliphatic heterocycles. The van der Waals surface area contributed by atoms with E-state index < -0.39 is 0 Å². The molecule has 4 rings (SSSR count). The zero-order chi connectivity index (χ0) is 13.5. The summed E-state index contributed by atoms with van der Waals surface area (Å²) < 4.78 is 2.33. The lowest BCUT2D eigenvalue weighted by Gasteiger charge is -2.23. The van der Waals surface area contributed by atoms with Gasteiger partial charge in [0, 0.05) is 25.1 Å². The Labute approximate surface area is 119 Å². The van der Waals surface area contributed by atoms with Crippen molar-refractivity contribution in [2.45, 2.75) is 39.3 Å². The average molecular weight is 268 g/mol. The van der Waals surface area contributed by atoms with Crippen LogP contribution in [-0.2, 0) is 25.9 Å². The van der Waals surface area contributed by atoms with Crippen LogP contribution in [0.25, 0.3) is 11.4 Å². The molecule has 0 saturated carbocycles. The Kier molecular flexibility index (Phi) is 2.84. The Bertz CT molecular complexity index is 644. The maximum Gasteiger partial charge on any atom is 0.164 e. The molecular formula is C16H20N4. The quantitative estimate of drug-likeness (QED) is 0.862. The van der Waals surface area contributed by atoms with Gasteiger partial charge in [0.25, 0.3) is 0 Å². The van der Waals surface area contributed by atoms with Gasteiger partial charge in [0.2, 0.25) is 0 Å². The number of hydrogen-bond donors (Lipinski definition) is 1. The normalized spacial score (nSPS) is 21.4. The summed E-state index contributed by atoms with van der Waals surface area (Å²) in [6.07, 6.45) is 3.38. The van der Waals surface area contributed by atoms with Crippen LogP contribution in [-0.4, -0.2) is 21.3 Å². The lowest BCUT2D eigenvalue weighted by atomic mass is 9.94. The van der Waals surface area contributed by atoms with Crippen molar-refractivity contribution in [3.8, 4) is 11.4 Å². The Morgan fingerprint density at radius 1 is 1.30 bits per heavy atom. The summed E-state index contributed by atoms with van der Waals surface area (Å²) in [6, 6.07) is 6.58. The molecule has 0 bridgehead atoms. The van der Waals surface area contributed by atoms with Gasteiger partial charge in [-0.25, -0.2) is 0 Å². The van der Waals surface area contributed by atoms with Crippen molar-refractivity contribution >= 4 is 0 Å². The van der Waals surface area contributed by atoms with E-state index in [0.717, 1.165) is 50.0 Å². The van der Waals surface area contributed by atoms with E-state index in [1.165, 1.54) is 23.1 Å². The van der Waals surface area contributed by atoms with Crippen molar-refractivity contribution in [2.24, 2.45) is 5.92 Å². The van der Waals surface area contributed by atoms with Gasteiger partial charge in [0.1, 0.15) is 5.82 Å². The SMILES string of the molecule is CC1CCn2c(nnc2-c2cccc3c2CCNC3)C1. The van der Waals surface area contributed by atoms with E-state index in [0.29, 0.717) is 0 Å². The van der Waals surface area contributed by atoms with E-state index in [4.69, 9.17) is 0 Å².